The number of aromatic amines is 4. The molecule has 4 aliphatic heterocycles. The minimum atomic E-state index is -6.09. The standard InChI is InChI=1S/2C46H35N5.C27H26P2.CHF3O3S.Pt/c2*1-28-4-10-31(11-5-28)43-35-16-18-37(48-35)44(32-12-6-29(2)7-13-32)39-20-22-41(50-39)46(34-24-26-47-27-25-34)42-23-21-40(51-42)45(38-19-17-36(43)49-38)33-14-8-30(3)9-15-33;1-5-14-24(15-6-1)28(25-16-7-2-8-17-25)22-13-23-29(26-18-9-3-10-19-26)27-20-11-4-12-21-27;2-1(3,4)8(5,6)7;/h2*4-27,48,51H,1-3H3;1-12,14-21H,13,22-23H2;(H,5,6,7);/q;;;;+2/p+1. The van der Waals surface area contributed by atoms with Crippen molar-refractivity contribution in [1.29, 1.82) is 0 Å². The Bertz CT molecular complexity index is 7540. The number of nitrogens with zero attached hydrogens (tertiary/aromatic N) is 6. The number of aryl methyl sites for hydroxylation is 6. The van der Waals surface area contributed by atoms with Crippen molar-refractivity contribution in [3.8, 4) is 89.0 Å². The summed E-state index contributed by atoms with van der Waals surface area (Å²) in [5, 5.41) is 6.10. The molecular formula is C120H98F3N10O3P2PtS+3. The van der Waals surface area contributed by atoms with Crippen LogP contribution in [0.3, 0.4) is 0 Å². The fraction of sp³-hybridized carbons (Fsp3) is 0.0833. The van der Waals surface area contributed by atoms with Gasteiger partial charge in [-0.25, -0.2) is 28.4 Å². The normalized spacial score (nSPS) is 11.9. The van der Waals surface area contributed by atoms with Crippen molar-refractivity contribution in [2.45, 2.75) is 53.5 Å². The van der Waals surface area contributed by atoms with Crippen LogP contribution in [0.2, 0.25) is 0 Å². The molecule has 16 bridgehead atoms. The molecule has 0 spiro atoms. The van der Waals surface area contributed by atoms with Gasteiger partial charge in [0.25, 0.3) is 0 Å². The summed E-state index contributed by atoms with van der Waals surface area (Å²) in [6, 6.07) is 122. The molecule has 0 radical (unpaired) electrons. The van der Waals surface area contributed by atoms with Crippen molar-refractivity contribution in [1.82, 2.24) is 49.8 Å². The third-order valence-electron chi connectivity index (χ3n) is 25.1. The smallest absolute Gasteiger partial charge is 0.741 e. The molecule has 0 saturated heterocycles. The van der Waals surface area contributed by atoms with E-state index in [0.717, 1.165) is 179 Å². The minimum Gasteiger partial charge on any atom is -0.741 e. The quantitative estimate of drug-likeness (QED) is 0.0413. The van der Waals surface area contributed by atoms with Gasteiger partial charge >= 0.3 is 26.6 Å². The number of H-pyrrole nitrogens is 4. The zero-order chi connectivity index (χ0) is 95.7. The number of halogens is 3. The van der Waals surface area contributed by atoms with Crippen LogP contribution in [0.4, 0.5) is 13.2 Å². The number of nitrogens with one attached hydrogen (secondary N) is 4. The summed E-state index contributed by atoms with van der Waals surface area (Å²) in [5.41, 5.74) is 33.5. The van der Waals surface area contributed by atoms with Gasteiger partial charge < -0.3 is 24.5 Å². The Hall–Kier alpha value is -15.1. The van der Waals surface area contributed by atoms with Crippen molar-refractivity contribution in [2.75, 3.05) is 12.3 Å². The van der Waals surface area contributed by atoms with E-state index in [1.165, 1.54) is 73.3 Å². The average molecular weight is 2070 g/mol. The zero-order valence-electron chi connectivity index (χ0n) is 77.6. The van der Waals surface area contributed by atoms with Crippen LogP contribution < -0.4 is 21.2 Å². The summed E-state index contributed by atoms with van der Waals surface area (Å²) < 4.78 is 58.9. The number of hydrogen-bond donors (Lipinski definition) is 4. The fourth-order valence-corrected chi connectivity index (χ4v) is 23.7. The SMILES string of the molecule is Cc1ccc(-c2c3nc(c(-c4ccc(C)cc4)c4ccc([nH]4)c(-c4ccc(C)cc4)c4nc(c(-c5ccncc5)c5ccc2[nH]5)C=C4)C=C3)cc1.Cc1ccc(-c2c3nc(c(-c4ccc(C)cc4)c4ccc([nH]4)c(-c4ccc(C)cc4)c4nc(c(-c5ccncc5)c5ccc2[nH]5)C=C4)C=C3)cc1.O=S(=O)([O-])C(F)(F)F.[Pt+2].c1ccc([PH+](CCC[PH+](c2ccccc2)c2ccccc2)c2ccccc2)cc1. The second-order valence-corrected chi connectivity index (χ2v) is 41.4. The summed E-state index contributed by atoms with van der Waals surface area (Å²) >= 11 is 0. The Morgan fingerprint density at radius 3 is 0.564 bits per heavy atom. The Balaban J connectivity index is 0.000000138. The van der Waals surface area contributed by atoms with Gasteiger partial charge in [-0.3, -0.25) is 9.97 Å². The van der Waals surface area contributed by atoms with Crippen LogP contribution in [-0.2, 0) is 31.2 Å². The second-order valence-electron chi connectivity index (χ2n) is 34.8. The van der Waals surface area contributed by atoms with Crippen LogP contribution in [0.1, 0.15) is 85.4 Å². The van der Waals surface area contributed by atoms with Gasteiger partial charge in [0.1, 0.15) is 0 Å². The molecule has 690 valence electrons. The molecule has 0 fully saturated rings. The van der Waals surface area contributed by atoms with Gasteiger partial charge in [0.05, 0.1) is 94.9 Å². The predicted octanol–water partition coefficient (Wildman–Crippen LogP) is 28.4. The Kier molecular flexibility index (Phi) is 28.9. The van der Waals surface area contributed by atoms with Crippen LogP contribution >= 0.6 is 15.8 Å². The van der Waals surface area contributed by atoms with Crippen LogP contribution in [0, 0.1) is 41.5 Å². The predicted molar refractivity (Wildman–Crippen MR) is 576 cm³/mol. The summed E-state index contributed by atoms with van der Waals surface area (Å²) in [7, 11) is -7.57. The fourth-order valence-electron chi connectivity index (χ4n) is 18.1. The van der Waals surface area contributed by atoms with Gasteiger partial charge in [-0.1, -0.05) is 252 Å². The van der Waals surface area contributed by atoms with Gasteiger partial charge in [-0.2, -0.15) is 13.2 Å². The van der Waals surface area contributed by atoms with Gasteiger partial charge in [-0.15, -0.1) is 0 Å². The first-order valence-electron chi connectivity index (χ1n) is 46.1. The van der Waals surface area contributed by atoms with E-state index in [1.54, 1.807) is 0 Å². The van der Waals surface area contributed by atoms with E-state index in [4.69, 9.17) is 32.9 Å². The van der Waals surface area contributed by atoms with E-state index in [9.17, 15) is 13.2 Å². The van der Waals surface area contributed by atoms with Gasteiger partial charge in [0.15, 0.2) is 10.1 Å². The number of hydrogen-bond acceptors (Lipinski definition) is 9. The average Bonchev–Trinajstić information content (AvgIpc) is 1.61. The maximum atomic E-state index is 10.7. The van der Waals surface area contributed by atoms with Crippen molar-refractivity contribution < 1.29 is 47.2 Å². The zero-order valence-corrected chi connectivity index (χ0v) is 82.7. The van der Waals surface area contributed by atoms with Crippen LogP contribution in [0.25, 0.3) is 182 Å². The molecule has 12 heterocycles. The van der Waals surface area contributed by atoms with Crippen molar-refractivity contribution in [3.63, 3.8) is 0 Å². The molecule has 4 aliphatic rings. The van der Waals surface area contributed by atoms with Gasteiger partial charge in [0.2, 0.25) is 0 Å². The summed E-state index contributed by atoms with van der Waals surface area (Å²) in [6.07, 6.45) is 28.3. The largest absolute Gasteiger partial charge is 2.00 e. The summed E-state index contributed by atoms with van der Waals surface area (Å²) in [6.45, 7) is 12.7. The first kappa shape index (κ1) is 95.3. The molecule has 0 unspecified atom stereocenters. The Labute approximate surface area is 829 Å². The third kappa shape index (κ3) is 21.5. The molecule has 0 atom stereocenters. The molecule has 20 heteroatoms. The summed E-state index contributed by atoms with van der Waals surface area (Å²) in [5.74, 6) is 0. The molecular weight excluding hydrogens is 1980 g/mol. The number of alkyl halides is 3. The maximum absolute atomic E-state index is 10.7. The van der Waals surface area contributed by atoms with E-state index in [1.807, 2.05) is 49.1 Å². The van der Waals surface area contributed by atoms with Gasteiger partial charge in [-0.05, 0) is 256 Å². The number of pyridine rings is 2. The van der Waals surface area contributed by atoms with Crippen molar-refractivity contribution in [3.05, 3.63) is 443 Å². The molecule has 0 amide bonds. The van der Waals surface area contributed by atoms with E-state index >= 15 is 0 Å². The minimum absolute atomic E-state index is 0. The molecule has 0 saturated carbocycles. The number of aromatic nitrogens is 10. The molecule has 13 nitrogen and oxygen atoms in total. The second kappa shape index (κ2) is 42.5. The van der Waals surface area contributed by atoms with Crippen LogP contribution in [0.5, 0.6) is 0 Å². The van der Waals surface area contributed by atoms with E-state index in [2.05, 4.69) is 436 Å². The molecule has 0 aliphatic carbocycles. The number of rotatable bonds is 16. The van der Waals surface area contributed by atoms with Crippen molar-refractivity contribution in [2.24, 2.45) is 0 Å². The Morgan fingerprint density at radius 1 is 0.250 bits per heavy atom. The number of benzene rings is 10. The first-order valence-corrected chi connectivity index (χ1v) is 51.0. The monoisotopic (exact) mass is 2070 g/mol. The van der Waals surface area contributed by atoms with E-state index in [-0.39, 0.29) is 21.1 Å². The Morgan fingerprint density at radius 2 is 0.407 bits per heavy atom. The maximum Gasteiger partial charge on any atom is 2.00 e. The van der Waals surface area contributed by atoms with E-state index < -0.39 is 31.5 Å². The topological polar surface area (TPSA) is 198 Å². The van der Waals surface area contributed by atoms with Crippen LogP contribution in [-0.4, -0.2) is 80.6 Å². The van der Waals surface area contributed by atoms with Crippen molar-refractivity contribution >= 4 is 140 Å². The molecule has 140 heavy (non-hydrogen) atoms. The molecule has 8 aromatic heterocycles. The summed E-state index contributed by atoms with van der Waals surface area (Å²) in [4.78, 5) is 45.5. The molecule has 10 aromatic carbocycles. The van der Waals surface area contributed by atoms with Gasteiger partial charge in [0, 0.05) is 120 Å². The first-order chi connectivity index (χ1) is 67.6. The third-order valence-corrected chi connectivity index (χ3v) is 31.5. The molecule has 18 aromatic rings. The molecule has 4 N–H and O–H groups in total. The van der Waals surface area contributed by atoms with E-state index in [0.29, 0.717) is 0 Å². The number of fused-ring (bicyclic) bond motifs is 16. The van der Waals surface area contributed by atoms with Crippen LogP contribution in [0.15, 0.2) is 365 Å². The molecule has 22 rings (SSSR count).